The normalized spacial score (nSPS) is 25.3. The molecule has 0 spiro atoms. The van der Waals surface area contributed by atoms with Crippen molar-refractivity contribution < 1.29 is 14.3 Å². The molecule has 0 radical (unpaired) electrons. The topological polar surface area (TPSA) is 38.8 Å². The SMILES string of the molecule is COc1cccc(C(=O)OC[C@H]2CCCN3CCCC[C@H]23)c1. The van der Waals surface area contributed by atoms with Gasteiger partial charge in [-0.1, -0.05) is 12.5 Å². The van der Waals surface area contributed by atoms with Gasteiger partial charge in [0, 0.05) is 12.0 Å². The third kappa shape index (κ3) is 3.43. The Bertz CT molecular complexity index is 515. The lowest BCUT2D eigenvalue weighted by atomic mass is 9.84. The van der Waals surface area contributed by atoms with Crippen LogP contribution >= 0.6 is 0 Å². The van der Waals surface area contributed by atoms with Crippen LogP contribution in [0.4, 0.5) is 0 Å². The molecule has 1 aromatic carbocycles. The summed E-state index contributed by atoms with van der Waals surface area (Å²) >= 11 is 0. The Hall–Kier alpha value is -1.55. The number of piperidine rings is 2. The zero-order valence-corrected chi connectivity index (χ0v) is 13.3. The second-order valence-electron chi connectivity index (χ2n) is 6.33. The molecule has 0 aliphatic carbocycles. The smallest absolute Gasteiger partial charge is 0.338 e. The van der Waals surface area contributed by atoms with E-state index in [-0.39, 0.29) is 5.97 Å². The molecule has 0 saturated carbocycles. The third-order valence-corrected chi connectivity index (χ3v) is 4.96. The van der Waals surface area contributed by atoms with Crippen molar-refractivity contribution in [2.24, 2.45) is 5.92 Å². The summed E-state index contributed by atoms with van der Waals surface area (Å²) in [5.74, 6) is 0.931. The number of nitrogens with zero attached hydrogens (tertiary/aromatic N) is 1. The van der Waals surface area contributed by atoms with Gasteiger partial charge in [0.1, 0.15) is 5.75 Å². The number of hydrogen-bond acceptors (Lipinski definition) is 4. The number of ether oxygens (including phenoxy) is 2. The first-order valence-electron chi connectivity index (χ1n) is 8.33. The van der Waals surface area contributed by atoms with Gasteiger partial charge in [-0.3, -0.25) is 4.90 Å². The highest BCUT2D eigenvalue weighted by Gasteiger charge is 2.33. The largest absolute Gasteiger partial charge is 0.497 e. The van der Waals surface area contributed by atoms with Crippen molar-refractivity contribution in [3.8, 4) is 5.75 Å². The minimum atomic E-state index is -0.244. The zero-order valence-electron chi connectivity index (χ0n) is 13.3. The van der Waals surface area contributed by atoms with E-state index in [1.54, 1.807) is 19.2 Å². The molecule has 2 fully saturated rings. The summed E-state index contributed by atoms with van der Waals surface area (Å²) in [6.07, 6.45) is 6.26. The Morgan fingerprint density at radius 3 is 2.95 bits per heavy atom. The van der Waals surface area contributed by atoms with Gasteiger partial charge in [-0.15, -0.1) is 0 Å². The molecule has 2 saturated heterocycles. The Kier molecular flexibility index (Phi) is 4.98. The van der Waals surface area contributed by atoms with E-state index in [0.717, 1.165) is 0 Å². The summed E-state index contributed by atoms with van der Waals surface area (Å²) in [4.78, 5) is 14.8. The number of methoxy groups -OCH3 is 1. The lowest BCUT2D eigenvalue weighted by Crippen LogP contribution is -2.49. The van der Waals surface area contributed by atoms with Gasteiger partial charge < -0.3 is 9.47 Å². The van der Waals surface area contributed by atoms with Crippen LogP contribution in [0.15, 0.2) is 24.3 Å². The molecule has 2 heterocycles. The highest BCUT2D eigenvalue weighted by atomic mass is 16.5. The fourth-order valence-corrected chi connectivity index (χ4v) is 3.79. The fraction of sp³-hybridized carbons (Fsp3) is 0.611. The lowest BCUT2D eigenvalue weighted by Gasteiger charge is -2.44. The summed E-state index contributed by atoms with van der Waals surface area (Å²) in [6, 6.07) is 7.77. The van der Waals surface area contributed by atoms with Crippen LogP contribution in [0.25, 0.3) is 0 Å². The number of rotatable bonds is 4. The predicted molar refractivity (Wildman–Crippen MR) is 85.2 cm³/mol. The number of esters is 1. The molecule has 2 atom stereocenters. The average Bonchev–Trinajstić information content (AvgIpc) is 2.59. The molecule has 1 aromatic rings. The van der Waals surface area contributed by atoms with Gasteiger partial charge in [0.15, 0.2) is 0 Å². The maximum Gasteiger partial charge on any atom is 0.338 e. The van der Waals surface area contributed by atoms with Crippen molar-refractivity contribution in [1.82, 2.24) is 4.90 Å². The van der Waals surface area contributed by atoms with Crippen molar-refractivity contribution in [1.29, 1.82) is 0 Å². The van der Waals surface area contributed by atoms with Crippen LogP contribution in [-0.2, 0) is 4.74 Å². The lowest BCUT2D eigenvalue weighted by molar-refractivity contribution is 0.00737. The molecule has 0 bridgehead atoms. The van der Waals surface area contributed by atoms with E-state index in [2.05, 4.69) is 4.90 Å². The molecule has 4 heteroatoms. The molecule has 0 amide bonds. The van der Waals surface area contributed by atoms with Crippen LogP contribution in [0, 0.1) is 5.92 Å². The van der Waals surface area contributed by atoms with Gasteiger partial charge in [-0.05, 0) is 57.0 Å². The number of fused-ring (bicyclic) bond motifs is 1. The summed E-state index contributed by atoms with van der Waals surface area (Å²) in [7, 11) is 1.60. The van der Waals surface area contributed by atoms with Gasteiger partial charge in [0.05, 0.1) is 19.3 Å². The van der Waals surface area contributed by atoms with Crippen LogP contribution in [0.2, 0.25) is 0 Å². The molecule has 0 unspecified atom stereocenters. The highest BCUT2D eigenvalue weighted by Crippen LogP contribution is 2.31. The standard InChI is InChI=1S/C18H25NO3/c1-21-16-8-4-6-14(12-16)18(20)22-13-15-7-5-11-19-10-3-2-9-17(15)19/h4,6,8,12,15,17H,2-3,5,7,9-11,13H2,1H3/t15-,17-/m1/s1. The molecular formula is C18H25NO3. The Labute approximate surface area is 132 Å². The summed E-state index contributed by atoms with van der Waals surface area (Å²) in [5, 5.41) is 0. The van der Waals surface area contributed by atoms with E-state index in [1.165, 1.54) is 45.2 Å². The second kappa shape index (κ2) is 7.14. The van der Waals surface area contributed by atoms with E-state index in [1.807, 2.05) is 12.1 Å². The quantitative estimate of drug-likeness (QED) is 0.801. The molecular weight excluding hydrogens is 278 g/mol. The minimum absolute atomic E-state index is 0.244. The number of carbonyl (C=O) groups is 1. The predicted octanol–water partition coefficient (Wildman–Crippen LogP) is 3.12. The average molecular weight is 303 g/mol. The van der Waals surface area contributed by atoms with Gasteiger partial charge in [0.25, 0.3) is 0 Å². The van der Waals surface area contributed by atoms with Crippen molar-refractivity contribution in [3.05, 3.63) is 29.8 Å². The molecule has 2 aliphatic rings. The van der Waals surface area contributed by atoms with Crippen LogP contribution in [-0.4, -0.2) is 43.7 Å². The molecule has 0 aromatic heterocycles. The van der Waals surface area contributed by atoms with E-state index >= 15 is 0 Å². The summed E-state index contributed by atoms with van der Waals surface area (Å²) in [6.45, 7) is 2.97. The summed E-state index contributed by atoms with van der Waals surface area (Å²) < 4.78 is 10.8. The van der Waals surface area contributed by atoms with Crippen molar-refractivity contribution in [3.63, 3.8) is 0 Å². The Morgan fingerprint density at radius 2 is 2.09 bits per heavy atom. The van der Waals surface area contributed by atoms with Crippen LogP contribution in [0.1, 0.15) is 42.5 Å². The first-order chi connectivity index (χ1) is 10.8. The van der Waals surface area contributed by atoms with Gasteiger partial charge in [0.2, 0.25) is 0 Å². The van der Waals surface area contributed by atoms with E-state index in [0.29, 0.717) is 29.9 Å². The number of hydrogen-bond donors (Lipinski definition) is 0. The van der Waals surface area contributed by atoms with Crippen molar-refractivity contribution >= 4 is 5.97 Å². The van der Waals surface area contributed by atoms with Gasteiger partial charge >= 0.3 is 5.97 Å². The number of benzene rings is 1. The van der Waals surface area contributed by atoms with Crippen LogP contribution in [0.5, 0.6) is 5.75 Å². The van der Waals surface area contributed by atoms with Gasteiger partial charge in [-0.25, -0.2) is 4.79 Å². The van der Waals surface area contributed by atoms with Crippen molar-refractivity contribution in [2.75, 3.05) is 26.8 Å². The first kappa shape index (κ1) is 15.3. The first-order valence-corrected chi connectivity index (χ1v) is 8.33. The maximum absolute atomic E-state index is 12.2. The molecule has 3 rings (SSSR count). The van der Waals surface area contributed by atoms with E-state index in [4.69, 9.17) is 9.47 Å². The number of carbonyl (C=O) groups excluding carboxylic acids is 1. The maximum atomic E-state index is 12.2. The molecule has 4 nitrogen and oxygen atoms in total. The van der Waals surface area contributed by atoms with Crippen LogP contribution < -0.4 is 4.74 Å². The minimum Gasteiger partial charge on any atom is -0.497 e. The highest BCUT2D eigenvalue weighted by molar-refractivity contribution is 5.89. The summed E-state index contributed by atoms with van der Waals surface area (Å²) in [5.41, 5.74) is 0.565. The zero-order chi connectivity index (χ0) is 15.4. The van der Waals surface area contributed by atoms with Crippen molar-refractivity contribution in [2.45, 2.75) is 38.1 Å². The molecule has 22 heavy (non-hydrogen) atoms. The second-order valence-corrected chi connectivity index (χ2v) is 6.33. The molecule has 2 aliphatic heterocycles. The third-order valence-electron chi connectivity index (χ3n) is 4.96. The van der Waals surface area contributed by atoms with Gasteiger partial charge in [-0.2, -0.15) is 0 Å². The molecule has 120 valence electrons. The van der Waals surface area contributed by atoms with Crippen LogP contribution in [0.3, 0.4) is 0 Å². The Morgan fingerprint density at radius 1 is 1.23 bits per heavy atom. The Balaban J connectivity index is 1.57. The van der Waals surface area contributed by atoms with E-state index < -0.39 is 0 Å². The fourth-order valence-electron chi connectivity index (χ4n) is 3.79. The monoisotopic (exact) mass is 303 g/mol. The molecule has 0 N–H and O–H groups in total. The van der Waals surface area contributed by atoms with E-state index in [9.17, 15) is 4.79 Å².